The SMILES string of the molecule is CCC(C)(OC#N)C(=O)OC.CCCCOC(=O)C(C)(CC)OC#N.CCCOC(=O)C(C)(CC)OC#N.CCOC(=O)C(C)(CC)OC#N. The average molecular weight is 713 g/mol. The highest BCUT2D eigenvalue weighted by atomic mass is 16.6. The lowest BCUT2D eigenvalue weighted by atomic mass is 10.0. The molecule has 0 saturated heterocycles. The predicted octanol–water partition coefficient (Wildman–Crippen LogP) is 5.64. The van der Waals surface area contributed by atoms with Crippen molar-refractivity contribution in [1.82, 2.24) is 0 Å². The molecule has 4 atom stereocenters. The van der Waals surface area contributed by atoms with Gasteiger partial charge in [0, 0.05) is 0 Å². The number of esters is 4. The molecule has 0 aliphatic rings. The normalized spacial score (nSPS) is 14.1. The zero-order valence-corrected chi connectivity index (χ0v) is 31.8. The van der Waals surface area contributed by atoms with Gasteiger partial charge in [-0.25, -0.2) is 19.2 Å². The van der Waals surface area contributed by atoms with Crippen molar-refractivity contribution in [3.63, 3.8) is 0 Å². The van der Waals surface area contributed by atoms with E-state index in [0.717, 1.165) is 19.3 Å². The molecule has 0 rings (SSSR count). The maximum atomic E-state index is 11.5. The van der Waals surface area contributed by atoms with Crippen LogP contribution in [-0.4, -0.2) is 73.2 Å². The summed E-state index contributed by atoms with van der Waals surface area (Å²) in [6.07, 6.45) is 10.2. The fourth-order valence-corrected chi connectivity index (χ4v) is 2.74. The number of hydrogen-bond acceptors (Lipinski definition) is 16. The van der Waals surface area contributed by atoms with Crippen LogP contribution in [0.1, 0.15) is 121 Å². The van der Waals surface area contributed by atoms with Crippen molar-refractivity contribution in [2.45, 2.75) is 144 Å². The Morgan fingerprint density at radius 3 is 1.02 bits per heavy atom. The van der Waals surface area contributed by atoms with Crippen molar-refractivity contribution in [2.24, 2.45) is 0 Å². The molecule has 16 heteroatoms. The van der Waals surface area contributed by atoms with Crippen LogP contribution in [0.4, 0.5) is 0 Å². The van der Waals surface area contributed by atoms with Crippen LogP contribution in [0.5, 0.6) is 0 Å². The van der Waals surface area contributed by atoms with Crippen LogP contribution >= 0.6 is 0 Å². The molecule has 0 radical (unpaired) electrons. The van der Waals surface area contributed by atoms with Crippen LogP contribution in [0.3, 0.4) is 0 Å². The Morgan fingerprint density at radius 1 is 0.480 bits per heavy atom. The average Bonchev–Trinajstić information content (AvgIpc) is 3.11. The van der Waals surface area contributed by atoms with Gasteiger partial charge in [0.2, 0.25) is 22.4 Å². The largest absolute Gasteiger partial charge is 0.466 e. The van der Waals surface area contributed by atoms with Gasteiger partial charge in [-0.05, 0) is 73.1 Å². The highest BCUT2D eigenvalue weighted by Crippen LogP contribution is 2.19. The topological polar surface area (TPSA) is 237 Å². The molecule has 0 N–H and O–H groups in total. The van der Waals surface area contributed by atoms with E-state index in [2.05, 4.69) is 18.9 Å². The van der Waals surface area contributed by atoms with Gasteiger partial charge in [0.15, 0.2) is 0 Å². The number of methoxy groups -OCH3 is 1. The molecule has 0 spiro atoms. The Morgan fingerprint density at radius 2 is 0.780 bits per heavy atom. The number of nitriles is 4. The lowest BCUT2D eigenvalue weighted by Crippen LogP contribution is -2.38. The second-order valence-corrected chi connectivity index (χ2v) is 10.9. The van der Waals surface area contributed by atoms with E-state index in [1.165, 1.54) is 46.0 Å². The van der Waals surface area contributed by atoms with E-state index in [9.17, 15) is 19.2 Å². The van der Waals surface area contributed by atoms with Crippen LogP contribution < -0.4 is 0 Å². The summed E-state index contributed by atoms with van der Waals surface area (Å²) in [5.74, 6) is -1.95. The van der Waals surface area contributed by atoms with Crippen molar-refractivity contribution < 1.29 is 57.1 Å². The second-order valence-electron chi connectivity index (χ2n) is 10.9. The van der Waals surface area contributed by atoms with Gasteiger partial charge in [-0.3, -0.25) is 0 Å². The van der Waals surface area contributed by atoms with E-state index in [4.69, 9.17) is 40.0 Å². The van der Waals surface area contributed by atoms with Crippen LogP contribution in [-0.2, 0) is 57.1 Å². The molecule has 284 valence electrons. The van der Waals surface area contributed by atoms with Gasteiger partial charge >= 0.3 is 23.9 Å². The van der Waals surface area contributed by atoms with E-state index in [0.29, 0.717) is 45.5 Å². The maximum Gasteiger partial charge on any atom is 0.351 e. The molecular formula is C34H56N4O12. The van der Waals surface area contributed by atoms with Crippen molar-refractivity contribution in [3.05, 3.63) is 0 Å². The minimum absolute atomic E-state index is 0.295. The Balaban J connectivity index is -0.000000283. The number of unbranched alkanes of at least 4 members (excludes halogenated alkanes) is 1. The first-order chi connectivity index (χ1) is 23.4. The van der Waals surface area contributed by atoms with Crippen molar-refractivity contribution in [1.29, 1.82) is 21.0 Å². The molecule has 0 aromatic carbocycles. The molecule has 0 amide bonds. The van der Waals surface area contributed by atoms with Crippen LogP contribution in [0, 0.1) is 46.1 Å². The van der Waals surface area contributed by atoms with Crippen LogP contribution in [0.15, 0.2) is 0 Å². The summed E-state index contributed by atoms with van der Waals surface area (Å²) in [5, 5.41) is 33.2. The first-order valence-electron chi connectivity index (χ1n) is 16.3. The Kier molecular flexibility index (Phi) is 30.1. The Bertz CT molecular complexity index is 1170. The lowest BCUT2D eigenvalue weighted by Gasteiger charge is -2.22. The van der Waals surface area contributed by atoms with Crippen molar-refractivity contribution in [3.8, 4) is 25.0 Å². The third-order valence-corrected chi connectivity index (χ3v) is 7.14. The molecule has 0 bridgehead atoms. The van der Waals surface area contributed by atoms with Crippen molar-refractivity contribution >= 4 is 23.9 Å². The van der Waals surface area contributed by atoms with Crippen molar-refractivity contribution in [2.75, 3.05) is 26.9 Å². The quantitative estimate of drug-likeness (QED) is 0.0722. The number of carbonyl (C=O) groups is 4. The maximum absolute atomic E-state index is 11.5. The number of ether oxygens (including phenoxy) is 8. The number of hydrogen-bond donors (Lipinski definition) is 0. The molecular weight excluding hydrogens is 656 g/mol. The molecule has 0 aliphatic heterocycles. The highest BCUT2D eigenvalue weighted by Gasteiger charge is 2.37. The van der Waals surface area contributed by atoms with Crippen LogP contribution in [0.2, 0.25) is 0 Å². The van der Waals surface area contributed by atoms with E-state index < -0.39 is 46.3 Å². The van der Waals surface area contributed by atoms with E-state index in [-0.39, 0.29) is 0 Å². The van der Waals surface area contributed by atoms with E-state index in [1.807, 2.05) is 13.8 Å². The number of nitrogens with zero attached hydrogens (tertiary/aromatic N) is 4. The smallest absolute Gasteiger partial charge is 0.351 e. The Hall–Kier alpha value is -4.96. The predicted molar refractivity (Wildman–Crippen MR) is 177 cm³/mol. The molecule has 0 heterocycles. The molecule has 0 aliphatic carbocycles. The standard InChI is InChI=1S/C10H17NO3.C9H15NO3.C8H13NO3.C7H11NO3/c1-4-6-7-13-9(12)10(3,5-2)14-8-11;1-4-6-12-8(11)9(3,5-2)13-7-10;1-4-8(3,12-6-9)7(10)11-5-2;1-4-7(2,11-5-8)6(9)10-3/h4-7H2,1-3H3;4-6H2,1-3H3;4-5H2,1-3H3;4H2,1-3H3. The minimum atomic E-state index is -1.12. The molecule has 4 unspecified atom stereocenters. The summed E-state index contributed by atoms with van der Waals surface area (Å²) < 4.78 is 37.6. The third kappa shape index (κ3) is 20.4. The molecule has 0 saturated carbocycles. The Labute approximate surface area is 297 Å². The molecule has 0 aromatic heterocycles. The minimum Gasteiger partial charge on any atom is -0.466 e. The van der Waals surface area contributed by atoms with E-state index >= 15 is 0 Å². The summed E-state index contributed by atoms with van der Waals surface area (Å²) in [7, 11) is 1.26. The highest BCUT2D eigenvalue weighted by molar-refractivity contribution is 5.80. The zero-order valence-electron chi connectivity index (χ0n) is 31.8. The van der Waals surface area contributed by atoms with Crippen LogP contribution in [0.25, 0.3) is 0 Å². The van der Waals surface area contributed by atoms with E-state index in [1.54, 1.807) is 48.5 Å². The van der Waals surface area contributed by atoms with Gasteiger partial charge in [-0.2, -0.15) is 21.0 Å². The number of carbonyl (C=O) groups excluding carboxylic acids is 4. The molecule has 0 fully saturated rings. The first-order valence-corrected chi connectivity index (χ1v) is 16.3. The van der Waals surface area contributed by atoms with Gasteiger partial charge in [0.1, 0.15) is 0 Å². The van der Waals surface area contributed by atoms with Gasteiger partial charge in [0.25, 0.3) is 25.0 Å². The molecule has 0 aromatic rings. The third-order valence-electron chi connectivity index (χ3n) is 7.14. The fourth-order valence-electron chi connectivity index (χ4n) is 2.74. The van der Waals surface area contributed by atoms with Gasteiger partial charge in [-0.1, -0.05) is 48.0 Å². The summed E-state index contributed by atoms with van der Waals surface area (Å²) in [4.78, 5) is 45.0. The second kappa shape index (κ2) is 29.0. The summed E-state index contributed by atoms with van der Waals surface area (Å²) in [5.41, 5.74) is -4.49. The number of rotatable bonds is 18. The molecule has 16 nitrogen and oxygen atoms in total. The molecule has 50 heavy (non-hydrogen) atoms. The summed E-state index contributed by atoms with van der Waals surface area (Å²) >= 11 is 0. The van der Waals surface area contributed by atoms with Gasteiger partial charge < -0.3 is 37.9 Å². The van der Waals surface area contributed by atoms with Gasteiger partial charge in [0.05, 0.1) is 26.9 Å². The van der Waals surface area contributed by atoms with Gasteiger partial charge in [-0.15, -0.1) is 0 Å². The lowest BCUT2D eigenvalue weighted by molar-refractivity contribution is -0.164. The first kappa shape index (κ1) is 51.9. The summed E-state index contributed by atoms with van der Waals surface area (Å²) in [6.45, 7) is 19.9. The monoisotopic (exact) mass is 712 g/mol. The fraction of sp³-hybridized carbons (Fsp3) is 0.765. The zero-order chi connectivity index (χ0) is 39.9. The summed E-state index contributed by atoms with van der Waals surface area (Å²) in [6, 6.07) is 0.